The summed E-state index contributed by atoms with van der Waals surface area (Å²) in [6, 6.07) is 12.4. The number of para-hydroxylation sites is 1. The molecule has 0 saturated heterocycles. The Labute approximate surface area is 113 Å². The van der Waals surface area contributed by atoms with Crippen LogP contribution in [0.4, 0.5) is 11.5 Å². The number of hydrogen-bond acceptors (Lipinski definition) is 2. The van der Waals surface area contributed by atoms with Crippen molar-refractivity contribution < 1.29 is 0 Å². The number of alkyl halides is 1. The number of aromatic nitrogens is 1. The van der Waals surface area contributed by atoms with Crippen molar-refractivity contribution in [3.8, 4) is 0 Å². The van der Waals surface area contributed by atoms with Gasteiger partial charge in [0.05, 0.1) is 0 Å². The van der Waals surface area contributed by atoms with E-state index in [-0.39, 0.29) is 0 Å². The molecule has 94 valence electrons. The lowest BCUT2D eigenvalue weighted by Gasteiger charge is -2.24. The van der Waals surface area contributed by atoms with Crippen molar-refractivity contribution in [2.24, 2.45) is 0 Å². The van der Waals surface area contributed by atoms with Gasteiger partial charge in [0.15, 0.2) is 0 Å². The first kappa shape index (κ1) is 12.9. The van der Waals surface area contributed by atoms with Crippen LogP contribution in [0.5, 0.6) is 0 Å². The summed E-state index contributed by atoms with van der Waals surface area (Å²) in [4.78, 5) is 6.74. The molecular formula is C15H17ClN2. The molecular weight excluding hydrogens is 244 g/mol. The fourth-order valence-corrected chi connectivity index (χ4v) is 2.19. The van der Waals surface area contributed by atoms with E-state index >= 15 is 0 Å². The number of halogens is 1. The Morgan fingerprint density at radius 3 is 2.50 bits per heavy atom. The molecule has 0 saturated carbocycles. The number of pyridine rings is 1. The van der Waals surface area contributed by atoms with E-state index in [2.05, 4.69) is 41.9 Å². The van der Waals surface area contributed by atoms with Crippen LogP contribution in [0, 0.1) is 6.92 Å². The van der Waals surface area contributed by atoms with Crippen LogP contribution in [0.2, 0.25) is 0 Å². The molecule has 0 aliphatic rings. The molecule has 2 aromatic rings. The lowest BCUT2D eigenvalue weighted by Crippen LogP contribution is -2.18. The average Bonchev–Trinajstić information content (AvgIpc) is 2.42. The van der Waals surface area contributed by atoms with E-state index in [1.807, 2.05) is 24.4 Å². The number of rotatable bonds is 4. The van der Waals surface area contributed by atoms with Crippen LogP contribution in [0.3, 0.4) is 0 Å². The van der Waals surface area contributed by atoms with Gasteiger partial charge < -0.3 is 4.90 Å². The molecule has 0 radical (unpaired) electrons. The van der Waals surface area contributed by atoms with E-state index in [4.69, 9.17) is 11.6 Å². The molecule has 18 heavy (non-hydrogen) atoms. The van der Waals surface area contributed by atoms with E-state index in [1.54, 1.807) is 0 Å². The fourth-order valence-electron chi connectivity index (χ4n) is 2.04. The van der Waals surface area contributed by atoms with Gasteiger partial charge in [-0.3, -0.25) is 0 Å². The maximum Gasteiger partial charge on any atom is 0.135 e. The molecule has 1 heterocycles. The Hall–Kier alpha value is -1.54. The third-order valence-electron chi connectivity index (χ3n) is 2.90. The van der Waals surface area contributed by atoms with Crippen molar-refractivity contribution in [1.82, 2.24) is 4.98 Å². The van der Waals surface area contributed by atoms with Gasteiger partial charge in [-0.15, -0.1) is 11.6 Å². The zero-order valence-corrected chi connectivity index (χ0v) is 11.5. The van der Waals surface area contributed by atoms with Crippen LogP contribution in [-0.4, -0.2) is 11.5 Å². The smallest absolute Gasteiger partial charge is 0.135 e. The monoisotopic (exact) mass is 260 g/mol. The molecule has 0 aliphatic carbocycles. The van der Waals surface area contributed by atoms with Crippen molar-refractivity contribution in [2.75, 3.05) is 11.4 Å². The maximum atomic E-state index is 5.83. The van der Waals surface area contributed by atoms with Gasteiger partial charge in [0, 0.05) is 24.3 Å². The second kappa shape index (κ2) is 5.87. The Morgan fingerprint density at radius 2 is 1.94 bits per heavy atom. The summed E-state index contributed by atoms with van der Waals surface area (Å²) in [6.07, 6.45) is 1.85. The molecule has 0 aliphatic heterocycles. The van der Waals surface area contributed by atoms with Gasteiger partial charge in [-0.25, -0.2) is 4.98 Å². The molecule has 0 spiro atoms. The Balaban J connectivity index is 2.39. The van der Waals surface area contributed by atoms with E-state index in [1.165, 1.54) is 0 Å². The second-order valence-electron chi connectivity index (χ2n) is 4.20. The summed E-state index contributed by atoms with van der Waals surface area (Å²) in [5.41, 5.74) is 3.37. The van der Waals surface area contributed by atoms with E-state index < -0.39 is 0 Å². The number of anilines is 2. The van der Waals surface area contributed by atoms with Crippen LogP contribution >= 0.6 is 11.6 Å². The van der Waals surface area contributed by atoms with Gasteiger partial charge in [0.25, 0.3) is 0 Å². The number of aryl methyl sites for hydroxylation is 1. The molecule has 0 unspecified atom stereocenters. The Bertz CT molecular complexity index is 511. The number of benzene rings is 1. The third kappa shape index (κ3) is 2.65. The third-order valence-corrected chi connectivity index (χ3v) is 3.21. The van der Waals surface area contributed by atoms with Crippen LogP contribution in [-0.2, 0) is 5.88 Å². The van der Waals surface area contributed by atoms with E-state index in [0.29, 0.717) is 5.88 Å². The van der Waals surface area contributed by atoms with Crippen molar-refractivity contribution >= 4 is 23.1 Å². The molecule has 0 fully saturated rings. The van der Waals surface area contributed by atoms with Crippen molar-refractivity contribution in [3.05, 3.63) is 53.7 Å². The lowest BCUT2D eigenvalue weighted by atomic mass is 10.2. The van der Waals surface area contributed by atoms with Gasteiger partial charge in [-0.2, -0.15) is 0 Å². The second-order valence-corrected chi connectivity index (χ2v) is 4.46. The SMILES string of the molecule is CCN(c1ccccc1)c1ncc(CCl)cc1C. The summed E-state index contributed by atoms with van der Waals surface area (Å²) < 4.78 is 0. The molecule has 2 nitrogen and oxygen atoms in total. The molecule has 1 aromatic heterocycles. The van der Waals surface area contributed by atoms with Gasteiger partial charge in [0.2, 0.25) is 0 Å². The van der Waals surface area contributed by atoms with E-state index in [9.17, 15) is 0 Å². The normalized spacial score (nSPS) is 10.4. The van der Waals surface area contributed by atoms with Crippen molar-refractivity contribution in [3.63, 3.8) is 0 Å². The fraction of sp³-hybridized carbons (Fsp3) is 0.267. The molecule has 0 N–H and O–H groups in total. The first-order chi connectivity index (χ1) is 8.76. The molecule has 1 aromatic carbocycles. The highest BCUT2D eigenvalue weighted by Crippen LogP contribution is 2.26. The molecule has 0 bridgehead atoms. The highest BCUT2D eigenvalue weighted by molar-refractivity contribution is 6.17. The van der Waals surface area contributed by atoms with Crippen molar-refractivity contribution in [1.29, 1.82) is 0 Å². The largest absolute Gasteiger partial charge is 0.326 e. The van der Waals surface area contributed by atoms with Gasteiger partial charge in [0.1, 0.15) is 5.82 Å². The minimum absolute atomic E-state index is 0.506. The number of hydrogen-bond donors (Lipinski definition) is 0. The van der Waals surface area contributed by atoms with Gasteiger partial charge in [-0.1, -0.05) is 18.2 Å². The first-order valence-electron chi connectivity index (χ1n) is 6.10. The first-order valence-corrected chi connectivity index (χ1v) is 6.63. The minimum Gasteiger partial charge on any atom is -0.326 e. The van der Waals surface area contributed by atoms with Gasteiger partial charge in [-0.05, 0) is 43.2 Å². The molecule has 2 rings (SSSR count). The average molecular weight is 261 g/mol. The summed E-state index contributed by atoms with van der Waals surface area (Å²) in [7, 11) is 0. The van der Waals surface area contributed by atoms with Crippen molar-refractivity contribution in [2.45, 2.75) is 19.7 Å². The Kier molecular flexibility index (Phi) is 4.21. The Morgan fingerprint density at radius 1 is 1.22 bits per heavy atom. The summed E-state index contributed by atoms with van der Waals surface area (Å²) in [6.45, 7) is 5.09. The predicted octanol–water partition coefficient (Wildman–Crippen LogP) is 4.29. The van der Waals surface area contributed by atoms with Crippen LogP contribution in [0.1, 0.15) is 18.1 Å². The summed E-state index contributed by atoms with van der Waals surface area (Å²) in [5, 5.41) is 0. The predicted molar refractivity (Wildman–Crippen MR) is 77.7 cm³/mol. The lowest BCUT2D eigenvalue weighted by molar-refractivity contribution is 0.974. The summed E-state index contributed by atoms with van der Waals surface area (Å²) in [5.74, 6) is 1.50. The topological polar surface area (TPSA) is 16.1 Å². The zero-order valence-electron chi connectivity index (χ0n) is 10.7. The van der Waals surface area contributed by atoms with Crippen LogP contribution < -0.4 is 4.90 Å². The van der Waals surface area contributed by atoms with Gasteiger partial charge >= 0.3 is 0 Å². The molecule has 3 heteroatoms. The quantitative estimate of drug-likeness (QED) is 0.763. The van der Waals surface area contributed by atoms with Crippen LogP contribution in [0.15, 0.2) is 42.6 Å². The number of nitrogens with zero attached hydrogens (tertiary/aromatic N) is 2. The summed E-state index contributed by atoms with van der Waals surface area (Å²) >= 11 is 5.83. The highest BCUT2D eigenvalue weighted by atomic mass is 35.5. The standard InChI is InChI=1S/C15H17ClN2/c1-3-18(14-7-5-4-6-8-14)15-12(2)9-13(10-16)11-17-15/h4-9,11H,3,10H2,1-2H3. The van der Waals surface area contributed by atoms with E-state index in [0.717, 1.165) is 29.2 Å². The van der Waals surface area contributed by atoms with Crippen LogP contribution in [0.25, 0.3) is 0 Å². The zero-order chi connectivity index (χ0) is 13.0. The molecule has 0 amide bonds. The highest BCUT2D eigenvalue weighted by Gasteiger charge is 2.11. The maximum absolute atomic E-state index is 5.83. The molecule has 0 atom stereocenters. The minimum atomic E-state index is 0.506.